The van der Waals surface area contributed by atoms with Crippen LogP contribution in [-0.2, 0) is 11.3 Å². The van der Waals surface area contributed by atoms with Gasteiger partial charge in [0, 0.05) is 18.7 Å². The van der Waals surface area contributed by atoms with Crippen LogP contribution in [0.5, 0.6) is 0 Å². The van der Waals surface area contributed by atoms with E-state index in [0.717, 1.165) is 11.1 Å². The van der Waals surface area contributed by atoms with Crippen LogP contribution in [0.1, 0.15) is 5.56 Å². The Labute approximate surface area is 155 Å². The maximum Gasteiger partial charge on any atom is 0.414 e. The zero-order valence-corrected chi connectivity index (χ0v) is 14.5. The molecule has 2 aromatic rings. The molecule has 0 spiro atoms. The fourth-order valence-corrected chi connectivity index (χ4v) is 3.09. The summed E-state index contributed by atoms with van der Waals surface area (Å²) in [5.74, 6) is -0.400. The second-order valence-electron chi connectivity index (χ2n) is 6.39. The van der Waals surface area contributed by atoms with Crippen LogP contribution >= 0.6 is 0 Å². The molecule has 0 radical (unpaired) electrons. The number of hydrogen-bond acceptors (Lipinski definition) is 7. The van der Waals surface area contributed by atoms with E-state index >= 15 is 0 Å². The Balaban J connectivity index is 1.50. The summed E-state index contributed by atoms with van der Waals surface area (Å²) in [6.45, 7) is 1.71. The van der Waals surface area contributed by atoms with Crippen molar-refractivity contribution in [1.29, 1.82) is 0 Å². The minimum atomic E-state index is -0.504. The van der Waals surface area contributed by atoms with Gasteiger partial charge in [-0.3, -0.25) is 4.90 Å². The van der Waals surface area contributed by atoms with Crippen molar-refractivity contribution in [3.63, 3.8) is 0 Å². The summed E-state index contributed by atoms with van der Waals surface area (Å²) in [5.41, 5.74) is 11.1. The fraction of sp³-hybridized carbons (Fsp3) is 0.278. The quantitative estimate of drug-likeness (QED) is 0.843. The van der Waals surface area contributed by atoms with E-state index in [4.69, 9.17) is 10.5 Å². The van der Waals surface area contributed by atoms with E-state index < -0.39 is 11.9 Å². The number of hydrogen-bond donors (Lipinski definition) is 2. The number of carbonyl (C=O) groups is 1. The number of nitrogens with two attached hydrogens (primary N) is 1. The highest BCUT2D eigenvalue weighted by Gasteiger charge is 2.31. The van der Waals surface area contributed by atoms with Gasteiger partial charge in [-0.25, -0.2) is 14.7 Å². The summed E-state index contributed by atoms with van der Waals surface area (Å²) in [4.78, 5) is 13.3. The molecule has 0 unspecified atom stereocenters. The van der Waals surface area contributed by atoms with Crippen molar-refractivity contribution in [2.24, 2.45) is 16.1 Å². The minimum absolute atomic E-state index is 0.240. The van der Waals surface area contributed by atoms with Crippen LogP contribution in [0.25, 0.3) is 11.1 Å². The number of benzene rings is 2. The Hall–Kier alpha value is -3.04. The van der Waals surface area contributed by atoms with Gasteiger partial charge in [-0.05, 0) is 29.3 Å². The highest BCUT2D eigenvalue weighted by Crippen LogP contribution is 2.29. The molecule has 2 aromatic carbocycles. The van der Waals surface area contributed by atoms with E-state index in [-0.39, 0.29) is 12.6 Å². The molecule has 3 N–H and O–H groups in total. The first-order chi connectivity index (χ1) is 13.1. The number of nitrogens with one attached hydrogen (secondary N) is 1. The maximum atomic E-state index is 14.7. The summed E-state index contributed by atoms with van der Waals surface area (Å²) >= 11 is 0. The van der Waals surface area contributed by atoms with Gasteiger partial charge in [-0.1, -0.05) is 29.5 Å². The maximum absolute atomic E-state index is 14.7. The number of cyclic esters (lactones) is 1. The number of rotatable bonds is 5. The Morgan fingerprint density at radius 3 is 2.70 bits per heavy atom. The molecule has 0 bridgehead atoms. The monoisotopic (exact) mass is 370 g/mol. The third kappa shape index (κ3) is 3.60. The summed E-state index contributed by atoms with van der Waals surface area (Å²) in [5, 5.41) is 9.40. The first kappa shape index (κ1) is 17.4. The normalized spacial score (nSPS) is 19.4. The van der Waals surface area contributed by atoms with Crippen molar-refractivity contribution >= 4 is 11.8 Å². The second kappa shape index (κ2) is 7.29. The molecule has 8 nitrogen and oxygen atoms in total. The fourth-order valence-electron chi connectivity index (χ4n) is 3.09. The van der Waals surface area contributed by atoms with E-state index in [0.29, 0.717) is 31.0 Å². The lowest BCUT2D eigenvalue weighted by atomic mass is 10.0. The van der Waals surface area contributed by atoms with Crippen LogP contribution in [0.4, 0.5) is 14.9 Å². The molecule has 2 heterocycles. The first-order valence-corrected chi connectivity index (χ1v) is 8.58. The standard InChI is InChI=1S/C18H19FN6O2/c19-17-7-14(25-10-15(8-20)27-18(25)26)5-6-16(17)13-3-1-12(2-4-13)9-24-11-21-22-23-24/h1-7,15H,8-11,20H2,(H,21,23)/t15-/m0/s1. The average molecular weight is 370 g/mol. The minimum Gasteiger partial charge on any atom is -0.443 e. The molecule has 0 saturated carbocycles. The number of anilines is 1. The van der Waals surface area contributed by atoms with Gasteiger partial charge in [-0.15, -0.1) is 0 Å². The molecule has 27 heavy (non-hydrogen) atoms. The number of halogens is 1. The molecule has 2 aliphatic heterocycles. The number of hydrazine groups is 1. The van der Waals surface area contributed by atoms with E-state index in [1.165, 1.54) is 11.0 Å². The number of nitrogens with zero attached hydrogens (tertiary/aromatic N) is 4. The Morgan fingerprint density at radius 1 is 1.26 bits per heavy atom. The summed E-state index contributed by atoms with van der Waals surface area (Å²) in [7, 11) is 0. The van der Waals surface area contributed by atoms with Crippen LogP contribution in [0.15, 0.2) is 52.8 Å². The molecule has 4 rings (SSSR count). The van der Waals surface area contributed by atoms with Crippen LogP contribution in [0, 0.1) is 5.82 Å². The highest BCUT2D eigenvalue weighted by atomic mass is 19.1. The van der Waals surface area contributed by atoms with Gasteiger partial charge < -0.3 is 10.5 Å². The smallest absolute Gasteiger partial charge is 0.414 e. The zero-order valence-electron chi connectivity index (χ0n) is 14.5. The highest BCUT2D eigenvalue weighted by molar-refractivity contribution is 5.90. The van der Waals surface area contributed by atoms with E-state index in [9.17, 15) is 9.18 Å². The van der Waals surface area contributed by atoms with Crippen molar-refractivity contribution in [2.75, 3.05) is 24.7 Å². The van der Waals surface area contributed by atoms with E-state index in [1.807, 2.05) is 29.3 Å². The van der Waals surface area contributed by atoms with Gasteiger partial charge in [0.05, 0.1) is 12.2 Å². The van der Waals surface area contributed by atoms with Gasteiger partial charge in [0.2, 0.25) is 0 Å². The lowest BCUT2D eigenvalue weighted by molar-refractivity contribution is 0.145. The lowest BCUT2D eigenvalue weighted by Crippen LogP contribution is -2.28. The van der Waals surface area contributed by atoms with Crippen LogP contribution in [-0.4, -0.2) is 37.0 Å². The molecule has 1 saturated heterocycles. The molecule has 140 valence electrons. The van der Waals surface area contributed by atoms with Crippen molar-refractivity contribution in [3.05, 3.63) is 53.8 Å². The molecular formula is C18H19FN6O2. The number of carbonyl (C=O) groups excluding carboxylic acids is 1. The van der Waals surface area contributed by atoms with Gasteiger partial charge in [0.1, 0.15) is 18.6 Å². The Morgan fingerprint density at radius 2 is 2.07 bits per heavy atom. The second-order valence-corrected chi connectivity index (χ2v) is 6.39. The van der Waals surface area contributed by atoms with Gasteiger partial charge in [0.15, 0.2) is 0 Å². The van der Waals surface area contributed by atoms with Gasteiger partial charge >= 0.3 is 6.09 Å². The summed E-state index contributed by atoms with van der Waals surface area (Å²) < 4.78 is 19.8. The zero-order chi connectivity index (χ0) is 18.8. The van der Waals surface area contributed by atoms with Crippen molar-refractivity contribution in [1.82, 2.24) is 10.5 Å². The molecule has 1 amide bonds. The molecule has 1 atom stereocenters. The average Bonchev–Trinajstić information content (AvgIpc) is 3.32. The van der Waals surface area contributed by atoms with Crippen LogP contribution in [0.2, 0.25) is 0 Å². The largest absolute Gasteiger partial charge is 0.443 e. The van der Waals surface area contributed by atoms with Crippen LogP contribution in [0.3, 0.4) is 0 Å². The lowest BCUT2D eigenvalue weighted by Gasteiger charge is -2.15. The van der Waals surface area contributed by atoms with Crippen LogP contribution < -0.4 is 16.2 Å². The SMILES string of the molecule is NC[C@H]1CN(c2ccc(-c3ccc(CN4CN=NN4)cc3)c(F)c2)C(=O)O1. The van der Waals surface area contributed by atoms with Crippen molar-refractivity contribution in [2.45, 2.75) is 12.6 Å². The molecule has 1 fully saturated rings. The first-order valence-electron chi connectivity index (χ1n) is 8.58. The molecule has 2 aliphatic rings. The Kier molecular flexibility index (Phi) is 4.69. The van der Waals surface area contributed by atoms with Crippen molar-refractivity contribution < 1.29 is 13.9 Å². The summed E-state index contributed by atoms with van der Waals surface area (Å²) in [6.07, 6.45) is -0.866. The summed E-state index contributed by atoms with van der Waals surface area (Å²) in [6, 6.07) is 12.3. The topological polar surface area (TPSA) is 95.5 Å². The number of amides is 1. The molecule has 9 heteroatoms. The van der Waals surface area contributed by atoms with Gasteiger partial charge in [-0.2, -0.15) is 10.1 Å². The molecule has 0 aliphatic carbocycles. The van der Waals surface area contributed by atoms with E-state index in [1.54, 1.807) is 12.1 Å². The Bertz CT molecular complexity index is 865. The van der Waals surface area contributed by atoms with E-state index in [2.05, 4.69) is 15.9 Å². The predicted octanol–water partition coefficient (Wildman–Crippen LogP) is 2.42. The van der Waals surface area contributed by atoms with Gasteiger partial charge in [0.25, 0.3) is 0 Å². The molecular weight excluding hydrogens is 351 g/mol. The number of ether oxygens (including phenoxy) is 1. The van der Waals surface area contributed by atoms with Crippen molar-refractivity contribution in [3.8, 4) is 11.1 Å². The third-order valence-electron chi connectivity index (χ3n) is 4.53. The third-order valence-corrected chi connectivity index (χ3v) is 4.53. The molecule has 0 aromatic heterocycles. The predicted molar refractivity (Wildman–Crippen MR) is 96.9 cm³/mol.